The van der Waals surface area contributed by atoms with Gasteiger partial charge in [0.25, 0.3) is 5.91 Å². The summed E-state index contributed by atoms with van der Waals surface area (Å²) in [7, 11) is 0. The molecule has 1 heterocycles. The lowest BCUT2D eigenvalue weighted by molar-refractivity contribution is 0.0955. The van der Waals surface area contributed by atoms with Crippen molar-refractivity contribution in [3.05, 3.63) is 101 Å². The summed E-state index contributed by atoms with van der Waals surface area (Å²) in [6.45, 7) is 2.46. The molecule has 0 bridgehead atoms. The Morgan fingerprint density at radius 3 is 2.50 bits per heavy atom. The molecule has 0 spiro atoms. The highest BCUT2D eigenvalue weighted by Gasteiger charge is 2.07. The van der Waals surface area contributed by atoms with Crippen LogP contribution >= 0.6 is 0 Å². The lowest BCUT2D eigenvalue weighted by Gasteiger charge is -2.03. The molecule has 0 aliphatic rings. The Morgan fingerprint density at radius 1 is 1.00 bits per heavy atom. The van der Waals surface area contributed by atoms with Crippen LogP contribution in [0.5, 0.6) is 0 Å². The topological polar surface area (TPSA) is 85.1 Å². The molecular weight excluding hydrogens is 376 g/mol. The average molecular weight is 396 g/mol. The Balaban J connectivity index is 1.36. The summed E-state index contributed by atoms with van der Waals surface area (Å²) < 4.78 is 0. The van der Waals surface area contributed by atoms with Crippen LogP contribution in [0.25, 0.3) is 11.4 Å². The van der Waals surface area contributed by atoms with Gasteiger partial charge in [0.05, 0.1) is 12.8 Å². The predicted molar refractivity (Wildman–Crippen MR) is 115 cm³/mol. The van der Waals surface area contributed by atoms with E-state index in [1.807, 2.05) is 73.7 Å². The highest BCUT2D eigenvalue weighted by molar-refractivity contribution is 5.95. The van der Waals surface area contributed by atoms with Gasteiger partial charge in [0.15, 0.2) is 0 Å². The molecule has 1 amide bonds. The number of amides is 1. The number of aromatic nitrogens is 4. The van der Waals surface area contributed by atoms with Crippen molar-refractivity contribution in [2.24, 2.45) is 5.10 Å². The van der Waals surface area contributed by atoms with Crippen molar-refractivity contribution < 1.29 is 4.79 Å². The smallest absolute Gasteiger partial charge is 0.267 e. The highest BCUT2D eigenvalue weighted by Crippen LogP contribution is 2.12. The molecule has 0 radical (unpaired) electrons. The number of hydrazone groups is 1. The molecule has 30 heavy (non-hydrogen) atoms. The van der Waals surface area contributed by atoms with Gasteiger partial charge in [-0.15, -0.1) is 10.2 Å². The van der Waals surface area contributed by atoms with Crippen molar-refractivity contribution in [3.63, 3.8) is 0 Å². The lowest BCUT2D eigenvalue weighted by atomic mass is 10.1. The van der Waals surface area contributed by atoms with Crippen molar-refractivity contribution in [1.29, 1.82) is 0 Å². The highest BCUT2D eigenvalue weighted by atomic mass is 16.2. The van der Waals surface area contributed by atoms with Crippen LogP contribution < -0.4 is 5.43 Å². The van der Waals surface area contributed by atoms with Gasteiger partial charge in [0.2, 0.25) is 5.82 Å². The van der Waals surface area contributed by atoms with E-state index in [2.05, 4.69) is 25.9 Å². The van der Waals surface area contributed by atoms with Gasteiger partial charge in [-0.2, -0.15) is 9.90 Å². The van der Waals surface area contributed by atoms with Gasteiger partial charge in [-0.05, 0) is 41.0 Å². The van der Waals surface area contributed by atoms with E-state index in [1.54, 1.807) is 18.3 Å². The molecule has 0 unspecified atom stereocenters. The Bertz CT molecular complexity index is 1170. The molecule has 4 aromatic rings. The first kappa shape index (κ1) is 19.2. The maximum absolute atomic E-state index is 12.3. The van der Waals surface area contributed by atoms with Crippen LogP contribution in [0.1, 0.15) is 27.0 Å². The SMILES string of the molecule is Cc1ccccc1/C=N/NC(=O)c1ccc(Cn2nnc(-c3ccccc3)n2)cc1. The quantitative estimate of drug-likeness (QED) is 0.400. The Labute approximate surface area is 174 Å². The number of hydrogen-bond acceptors (Lipinski definition) is 5. The number of tetrazole rings is 1. The molecule has 0 atom stereocenters. The normalized spacial score (nSPS) is 11.0. The van der Waals surface area contributed by atoms with Crippen molar-refractivity contribution in [2.75, 3.05) is 0 Å². The maximum atomic E-state index is 12.3. The number of nitrogens with one attached hydrogen (secondary N) is 1. The van der Waals surface area contributed by atoms with Gasteiger partial charge < -0.3 is 0 Å². The minimum atomic E-state index is -0.267. The van der Waals surface area contributed by atoms with E-state index in [1.165, 1.54) is 4.80 Å². The molecule has 1 aromatic heterocycles. The van der Waals surface area contributed by atoms with Crippen molar-refractivity contribution in [1.82, 2.24) is 25.6 Å². The van der Waals surface area contributed by atoms with Crippen LogP contribution in [0.2, 0.25) is 0 Å². The largest absolute Gasteiger partial charge is 0.271 e. The van der Waals surface area contributed by atoms with Crippen molar-refractivity contribution in [3.8, 4) is 11.4 Å². The van der Waals surface area contributed by atoms with Crippen LogP contribution in [-0.4, -0.2) is 32.3 Å². The van der Waals surface area contributed by atoms with Gasteiger partial charge in [0.1, 0.15) is 0 Å². The van der Waals surface area contributed by atoms with E-state index in [0.717, 1.165) is 22.3 Å². The molecule has 3 aromatic carbocycles. The van der Waals surface area contributed by atoms with Crippen molar-refractivity contribution >= 4 is 12.1 Å². The molecule has 0 fully saturated rings. The van der Waals surface area contributed by atoms with Gasteiger partial charge in [-0.1, -0.05) is 66.7 Å². The standard InChI is InChI=1S/C23H20N6O/c1-17-7-5-6-10-21(17)15-24-26-23(30)20-13-11-18(12-14-20)16-29-27-22(25-28-29)19-8-3-2-4-9-19/h2-15H,16H2,1H3,(H,26,30)/b24-15+. The number of rotatable bonds is 6. The van der Waals surface area contributed by atoms with E-state index in [9.17, 15) is 4.79 Å². The summed E-state index contributed by atoms with van der Waals surface area (Å²) in [5, 5.41) is 16.6. The first-order chi connectivity index (χ1) is 14.7. The summed E-state index contributed by atoms with van der Waals surface area (Å²) in [5.41, 5.74) is 7.02. The van der Waals surface area contributed by atoms with Crippen LogP contribution in [0.4, 0.5) is 0 Å². The van der Waals surface area contributed by atoms with Gasteiger partial charge in [0, 0.05) is 11.1 Å². The van der Waals surface area contributed by atoms with Crippen LogP contribution in [0.3, 0.4) is 0 Å². The summed E-state index contributed by atoms with van der Waals surface area (Å²) in [6, 6.07) is 24.8. The second-order valence-corrected chi connectivity index (χ2v) is 6.76. The summed E-state index contributed by atoms with van der Waals surface area (Å²) in [6.07, 6.45) is 1.64. The minimum absolute atomic E-state index is 0.267. The maximum Gasteiger partial charge on any atom is 0.271 e. The van der Waals surface area contributed by atoms with Gasteiger partial charge >= 0.3 is 0 Å². The summed E-state index contributed by atoms with van der Waals surface area (Å²) in [4.78, 5) is 13.8. The van der Waals surface area contributed by atoms with E-state index >= 15 is 0 Å². The third kappa shape index (κ3) is 4.64. The predicted octanol–water partition coefficient (Wildman–Crippen LogP) is 3.46. The van der Waals surface area contributed by atoms with E-state index in [-0.39, 0.29) is 5.91 Å². The molecule has 148 valence electrons. The Kier molecular flexibility index (Phi) is 5.70. The summed E-state index contributed by atoms with van der Waals surface area (Å²) >= 11 is 0. The molecule has 0 saturated heterocycles. The Hall–Kier alpha value is -4.13. The zero-order valence-electron chi connectivity index (χ0n) is 16.4. The zero-order chi connectivity index (χ0) is 20.8. The first-order valence-electron chi connectivity index (χ1n) is 9.50. The van der Waals surface area contributed by atoms with Crippen LogP contribution in [0, 0.1) is 6.92 Å². The second-order valence-electron chi connectivity index (χ2n) is 6.76. The molecule has 0 aliphatic heterocycles. The van der Waals surface area contributed by atoms with Crippen molar-refractivity contribution in [2.45, 2.75) is 13.5 Å². The molecule has 1 N–H and O–H groups in total. The number of hydrogen-bond donors (Lipinski definition) is 1. The number of nitrogens with zero attached hydrogens (tertiary/aromatic N) is 5. The first-order valence-corrected chi connectivity index (χ1v) is 9.50. The average Bonchev–Trinajstić information content (AvgIpc) is 3.25. The van der Waals surface area contributed by atoms with Gasteiger partial charge in [-0.3, -0.25) is 4.79 Å². The molecule has 7 nitrogen and oxygen atoms in total. The van der Waals surface area contributed by atoms with Crippen LogP contribution in [-0.2, 0) is 6.54 Å². The molecule has 0 aliphatic carbocycles. The third-order valence-electron chi connectivity index (χ3n) is 4.58. The number of carbonyl (C=O) groups is 1. The monoisotopic (exact) mass is 396 g/mol. The number of aryl methyl sites for hydroxylation is 1. The minimum Gasteiger partial charge on any atom is -0.267 e. The van der Waals surface area contributed by atoms with E-state index < -0.39 is 0 Å². The fraction of sp³-hybridized carbons (Fsp3) is 0.0870. The lowest BCUT2D eigenvalue weighted by Crippen LogP contribution is -2.17. The summed E-state index contributed by atoms with van der Waals surface area (Å²) in [5.74, 6) is 0.315. The second kappa shape index (κ2) is 8.91. The van der Waals surface area contributed by atoms with Gasteiger partial charge in [-0.25, -0.2) is 5.43 Å². The molecule has 4 rings (SSSR count). The van der Waals surface area contributed by atoms with Crippen LogP contribution in [0.15, 0.2) is 84.0 Å². The van der Waals surface area contributed by atoms with E-state index in [0.29, 0.717) is 17.9 Å². The Morgan fingerprint density at radius 2 is 1.73 bits per heavy atom. The number of benzene rings is 3. The zero-order valence-corrected chi connectivity index (χ0v) is 16.4. The fourth-order valence-electron chi connectivity index (χ4n) is 2.89. The number of carbonyl (C=O) groups excluding carboxylic acids is 1. The fourth-order valence-corrected chi connectivity index (χ4v) is 2.89. The third-order valence-corrected chi connectivity index (χ3v) is 4.58. The molecule has 0 saturated carbocycles. The molecule has 7 heteroatoms. The van der Waals surface area contributed by atoms with E-state index in [4.69, 9.17) is 0 Å². The molecular formula is C23H20N6O.